The first-order valence-corrected chi connectivity index (χ1v) is 9.71. The minimum Gasteiger partial charge on any atom is -0.457 e. The lowest BCUT2D eigenvalue weighted by Gasteiger charge is -2.20. The van der Waals surface area contributed by atoms with Crippen LogP contribution in [0.15, 0.2) is 84.0 Å². The molecule has 29 heavy (non-hydrogen) atoms. The van der Waals surface area contributed by atoms with Gasteiger partial charge in [-0.25, -0.2) is 5.43 Å². The normalized spacial score (nSPS) is 10.7. The first-order chi connectivity index (χ1) is 14.2. The number of benzene rings is 3. The van der Waals surface area contributed by atoms with Gasteiger partial charge in [-0.3, -0.25) is 4.79 Å². The Labute approximate surface area is 171 Å². The van der Waals surface area contributed by atoms with Crippen molar-refractivity contribution in [3.05, 3.63) is 90.0 Å². The van der Waals surface area contributed by atoms with Gasteiger partial charge in [-0.2, -0.15) is 5.10 Å². The van der Waals surface area contributed by atoms with E-state index >= 15 is 0 Å². The molecular formula is C24H25N3O2. The van der Waals surface area contributed by atoms with Crippen molar-refractivity contribution in [2.45, 2.75) is 13.8 Å². The molecule has 5 heteroatoms. The largest absolute Gasteiger partial charge is 0.457 e. The fraction of sp³-hybridized carbons (Fsp3) is 0.167. The number of hydrogen-bond donors (Lipinski definition) is 1. The fourth-order valence-corrected chi connectivity index (χ4v) is 2.93. The van der Waals surface area contributed by atoms with Crippen molar-refractivity contribution in [2.75, 3.05) is 18.0 Å². The Morgan fingerprint density at radius 1 is 0.931 bits per heavy atom. The molecule has 0 aliphatic rings. The minimum atomic E-state index is -0.246. The smallest absolute Gasteiger partial charge is 0.271 e. The number of nitrogens with zero attached hydrogens (tertiary/aromatic N) is 2. The van der Waals surface area contributed by atoms with Gasteiger partial charge in [0.05, 0.1) is 6.21 Å². The molecule has 148 valence electrons. The Morgan fingerprint density at radius 2 is 1.62 bits per heavy atom. The summed E-state index contributed by atoms with van der Waals surface area (Å²) >= 11 is 0. The van der Waals surface area contributed by atoms with Gasteiger partial charge in [-0.1, -0.05) is 30.3 Å². The van der Waals surface area contributed by atoms with Gasteiger partial charge in [-0.15, -0.1) is 0 Å². The van der Waals surface area contributed by atoms with E-state index in [4.69, 9.17) is 4.74 Å². The second-order valence-electron chi connectivity index (χ2n) is 6.41. The van der Waals surface area contributed by atoms with Crippen LogP contribution in [0.1, 0.15) is 29.8 Å². The van der Waals surface area contributed by atoms with Gasteiger partial charge in [-0.05, 0) is 67.9 Å². The van der Waals surface area contributed by atoms with Gasteiger partial charge >= 0.3 is 0 Å². The lowest BCUT2D eigenvalue weighted by atomic mass is 10.2. The predicted molar refractivity (Wildman–Crippen MR) is 118 cm³/mol. The van der Waals surface area contributed by atoms with Crippen molar-refractivity contribution in [2.24, 2.45) is 5.10 Å². The summed E-state index contributed by atoms with van der Waals surface area (Å²) in [4.78, 5) is 14.5. The van der Waals surface area contributed by atoms with E-state index < -0.39 is 0 Å². The molecule has 0 bridgehead atoms. The van der Waals surface area contributed by atoms with E-state index in [9.17, 15) is 4.79 Å². The molecule has 1 N–H and O–H groups in total. The summed E-state index contributed by atoms with van der Waals surface area (Å²) in [5, 5.41) is 4.07. The van der Waals surface area contributed by atoms with E-state index in [1.165, 1.54) is 0 Å². The maximum Gasteiger partial charge on any atom is 0.271 e. The molecule has 3 aromatic carbocycles. The molecule has 0 spiro atoms. The van der Waals surface area contributed by atoms with Gasteiger partial charge < -0.3 is 9.64 Å². The first kappa shape index (κ1) is 20.1. The summed E-state index contributed by atoms with van der Waals surface area (Å²) in [6.45, 7) is 6.08. The van der Waals surface area contributed by atoms with Crippen LogP contribution < -0.4 is 15.1 Å². The SMILES string of the molecule is CCN(CC)c1ccc(C(=O)N/N=C/c2cccc(Oc3ccccc3)c2)cc1. The van der Waals surface area contributed by atoms with Gasteiger partial charge in [0.2, 0.25) is 0 Å². The Kier molecular flexibility index (Phi) is 7.00. The average molecular weight is 387 g/mol. The second kappa shape index (κ2) is 10.1. The summed E-state index contributed by atoms with van der Waals surface area (Å²) in [5.41, 5.74) is 5.07. The summed E-state index contributed by atoms with van der Waals surface area (Å²) in [6.07, 6.45) is 1.60. The van der Waals surface area contributed by atoms with Gasteiger partial charge in [0.1, 0.15) is 11.5 Å². The van der Waals surface area contributed by atoms with Crippen molar-refractivity contribution in [3.63, 3.8) is 0 Å². The number of carbonyl (C=O) groups excluding carboxylic acids is 1. The van der Waals surface area contributed by atoms with Crippen LogP contribution >= 0.6 is 0 Å². The number of rotatable bonds is 8. The summed E-state index contributed by atoms with van der Waals surface area (Å²) in [7, 11) is 0. The van der Waals surface area contributed by atoms with E-state index in [1.54, 1.807) is 6.21 Å². The quantitative estimate of drug-likeness (QED) is 0.433. The molecule has 0 heterocycles. The molecule has 0 saturated carbocycles. The van der Waals surface area contributed by atoms with Gasteiger partial charge in [0.25, 0.3) is 5.91 Å². The molecule has 3 rings (SSSR count). The van der Waals surface area contributed by atoms with Crippen LogP contribution in [-0.4, -0.2) is 25.2 Å². The van der Waals surface area contributed by atoms with Gasteiger partial charge in [0, 0.05) is 24.3 Å². The summed E-state index contributed by atoms with van der Waals surface area (Å²) in [6, 6.07) is 24.6. The molecule has 0 aliphatic heterocycles. The topological polar surface area (TPSA) is 53.9 Å². The Bertz CT molecular complexity index is 949. The zero-order valence-corrected chi connectivity index (χ0v) is 16.7. The van der Waals surface area contributed by atoms with Crippen LogP contribution in [0, 0.1) is 0 Å². The maximum absolute atomic E-state index is 12.3. The number of amides is 1. The Morgan fingerprint density at radius 3 is 2.31 bits per heavy atom. The van der Waals surface area contributed by atoms with E-state index in [0.717, 1.165) is 30.1 Å². The van der Waals surface area contributed by atoms with Crippen LogP contribution in [0.25, 0.3) is 0 Å². The van der Waals surface area contributed by atoms with Crippen LogP contribution in [0.3, 0.4) is 0 Å². The second-order valence-corrected chi connectivity index (χ2v) is 6.41. The van der Waals surface area contributed by atoms with Crippen molar-refractivity contribution in [1.29, 1.82) is 0 Å². The van der Waals surface area contributed by atoms with E-state index in [1.807, 2.05) is 78.9 Å². The van der Waals surface area contributed by atoms with Crippen LogP contribution in [0.5, 0.6) is 11.5 Å². The molecule has 3 aromatic rings. The van der Waals surface area contributed by atoms with Crippen molar-refractivity contribution >= 4 is 17.8 Å². The molecule has 0 fully saturated rings. The number of anilines is 1. The molecule has 5 nitrogen and oxygen atoms in total. The van der Waals surface area contributed by atoms with Crippen molar-refractivity contribution in [3.8, 4) is 11.5 Å². The standard InChI is InChI=1S/C24H25N3O2/c1-3-27(4-2)21-15-13-20(14-16-21)24(28)26-25-18-19-9-8-12-23(17-19)29-22-10-6-5-7-11-22/h5-18H,3-4H2,1-2H3,(H,26,28)/b25-18+. The van der Waals surface area contributed by atoms with E-state index in [0.29, 0.717) is 11.3 Å². The highest BCUT2D eigenvalue weighted by atomic mass is 16.5. The maximum atomic E-state index is 12.3. The predicted octanol–water partition coefficient (Wildman–Crippen LogP) is 5.09. The zero-order chi connectivity index (χ0) is 20.5. The van der Waals surface area contributed by atoms with E-state index in [2.05, 4.69) is 29.3 Å². The van der Waals surface area contributed by atoms with Crippen molar-refractivity contribution in [1.82, 2.24) is 5.43 Å². The van der Waals surface area contributed by atoms with E-state index in [-0.39, 0.29) is 5.91 Å². The number of hydrazone groups is 1. The molecule has 0 aliphatic carbocycles. The molecule has 1 amide bonds. The molecule has 0 unspecified atom stereocenters. The van der Waals surface area contributed by atoms with Crippen LogP contribution in [0.2, 0.25) is 0 Å². The minimum absolute atomic E-state index is 0.246. The molecule has 0 radical (unpaired) electrons. The third-order valence-corrected chi connectivity index (χ3v) is 4.47. The summed E-state index contributed by atoms with van der Waals surface area (Å²) < 4.78 is 5.81. The van der Waals surface area contributed by atoms with Crippen LogP contribution in [0.4, 0.5) is 5.69 Å². The van der Waals surface area contributed by atoms with Crippen LogP contribution in [-0.2, 0) is 0 Å². The zero-order valence-electron chi connectivity index (χ0n) is 16.7. The fourth-order valence-electron chi connectivity index (χ4n) is 2.93. The molecule has 0 aromatic heterocycles. The number of carbonyl (C=O) groups is 1. The van der Waals surface area contributed by atoms with Crippen molar-refractivity contribution < 1.29 is 9.53 Å². The number of ether oxygens (including phenoxy) is 1. The Hall–Kier alpha value is -3.60. The highest BCUT2D eigenvalue weighted by Crippen LogP contribution is 2.21. The average Bonchev–Trinajstić information content (AvgIpc) is 2.76. The third-order valence-electron chi connectivity index (χ3n) is 4.47. The number of nitrogens with one attached hydrogen (secondary N) is 1. The number of hydrogen-bond acceptors (Lipinski definition) is 4. The lowest BCUT2D eigenvalue weighted by Crippen LogP contribution is -2.22. The third kappa shape index (κ3) is 5.69. The lowest BCUT2D eigenvalue weighted by molar-refractivity contribution is 0.0955. The molecule has 0 atom stereocenters. The highest BCUT2D eigenvalue weighted by Gasteiger charge is 2.06. The monoisotopic (exact) mass is 387 g/mol. The highest BCUT2D eigenvalue weighted by molar-refractivity contribution is 5.95. The Balaban J connectivity index is 1.59. The first-order valence-electron chi connectivity index (χ1n) is 9.71. The van der Waals surface area contributed by atoms with Gasteiger partial charge in [0.15, 0.2) is 0 Å². The molecule has 0 saturated heterocycles. The number of para-hydroxylation sites is 1. The molecular weight excluding hydrogens is 362 g/mol. The summed E-state index contributed by atoms with van der Waals surface area (Å²) in [5.74, 6) is 1.23.